The number of halogens is 2. The topological polar surface area (TPSA) is 104 Å². The van der Waals surface area contributed by atoms with Crippen LogP contribution >= 0.6 is 24.8 Å². The first-order valence-corrected chi connectivity index (χ1v) is 8.10. The molecule has 0 radical (unpaired) electrons. The molecule has 1 atom stereocenters. The first kappa shape index (κ1) is 22.0. The third-order valence-corrected chi connectivity index (χ3v) is 4.34. The molecule has 0 spiro atoms. The smallest absolute Gasteiger partial charge is 0.220 e. The van der Waals surface area contributed by atoms with Crippen molar-refractivity contribution in [3.8, 4) is 22.8 Å². The van der Waals surface area contributed by atoms with Gasteiger partial charge in [-0.15, -0.1) is 31.4 Å². The fourth-order valence-corrected chi connectivity index (χ4v) is 3.12. The van der Waals surface area contributed by atoms with Crippen molar-refractivity contribution in [1.29, 1.82) is 0 Å². The molecule has 0 saturated carbocycles. The summed E-state index contributed by atoms with van der Waals surface area (Å²) < 4.78 is 0. The quantitative estimate of drug-likeness (QED) is 0.589. The molecule has 5 N–H and O–H groups in total. The zero-order chi connectivity index (χ0) is 17.1. The number of anilines is 1. The summed E-state index contributed by atoms with van der Waals surface area (Å²) in [6, 6.07) is 5.03. The van der Waals surface area contributed by atoms with E-state index in [1.54, 1.807) is 24.3 Å². The molecule has 2 heterocycles. The Labute approximate surface area is 165 Å². The number of allylic oxidation sites excluding steroid dienone is 1. The minimum Gasteiger partial charge on any atom is -0.507 e. The van der Waals surface area contributed by atoms with Gasteiger partial charge >= 0.3 is 0 Å². The van der Waals surface area contributed by atoms with Gasteiger partial charge in [-0.05, 0) is 43.5 Å². The number of piperidine rings is 1. The van der Waals surface area contributed by atoms with Crippen molar-refractivity contribution in [2.45, 2.75) is 25.2 Å². The Kier molecular flexibility index (Phi) is 8.14. The summed E-state index contributed by atoms with van der Waals surface area (Å²) in [6.45, 7) is 5.53. The SMILES string of the molecule is C=CCc1ccc(O)c(-c2cc(C3CCCNC3)nc(N)n2)c1O.Cl.Cl. The third kappa shape index (κ3) is 4.58. The van der Waals surface area contributed by atoms with E-state index in [1.165, 1.54) is 0 Å². The second kappa shape index (κ2) is 9.62. The predicted molar refractivity (Wildman–Crippen MR) is 108 cm³/mol. The maximum absolute atomic E-state index is 10.5. The van der Waals surface area contributed by atoms with Crippen molar-refractivity contribution in [2.24, 2.45) is 0 Å². The van der Waals surface area contributed by atoms with Crippen molar-refractivity contribution in [3.63, 3.8) is 0 Å². The zero-order valence-electron chi connectivity index (χ0n) is 14.3. The Balaban J connectivity index is 0.00000169. The van der Waals surface area contributed by atoms with E-state index >= 15 is 0 Å². The first-order valence-electron chi connectivity index (χ1n) is 8.10. The maximum Gasteiger partial charge on any atom is 0.220 e. The lowest BCUT2D eigenvalue weighted by Gasteiger charge is -2.23. The highest BCUT2D eigenvalue weighted by atomic mass is 35.5. The van der Waals surface area contributed by atoms with Crippen LogP contribution in [0.3, 0.4) is 0 Å². The third-order valence-electron chi connectivity index (χ3n) is 4.34. The number of hydrogen-bond acceptors (Lipinski definition) is 6. The fourth-order valence-electron chi connectivity index (χ4n) is 3.12. The molecule has 1 saturated heterocycles. The van der Waals surface area contributed by atoms with Crippen LogP contribution < -0.4 is 11.1 Å². The Bertz CT molecular complexity index is 765. The number of nitrogens with two attached hydrogens (primary N) is 1. The molecule has 1 aromatic heterocycles. The lowest BCUT2D eigenvalue weighted by Crippen LogP contribution is -2.29. The van der Waals surface area contributed by atoms with E-state index in [4.69, 9.17) is 5.73 Å². The molecule has 1 unspecified atom stereocenters. The Morgan fingerprint density at radius 1 is 1.27 bits per heavy atom. The monoisotopic (exact) mass is 398 g/mol. The van der Waals surface area contributed by atoms with Gasteiger partial charge in [0.25, 0.3) is 0 Å². The number of aromatic nitrogens is 2. The van der Waals surface area contributed by atoms with Gasteiger partial charge < -0.3 is 21.3 Å². The molecular formula is C18H24Cl2N4O2. The highest BCUT2D eigenvalue weighted by Crippen LogP contribution is 2.40. The lowest BCUT2D eigenvalue weighted by atomic mass is 9.94. The highest BCUT2D eigenvalue weighted by Gasteiger charge is 2.21. The van der Waals surface area contributed by atoms with Crippen molar-refractivity contribution in [1.82, 2.24) is 15.3 Å². The van der Waals surface area contributed by atoms with E-state index in [0.29, 0.717) is 17.7 Å². The molecule has 26 heavy (non-hydrogen) atoms. The Hall–Kier alpha value is -2.02. The standard InChI is InChI=1S/C18H22N4O2.2ClH/c1-2-4-11-6-7-15(23)16(17(11)24)14-9-13(21-18(19)22-14)12-5-3-8-20-10-12;;/h2,6-7,9,12,20,23-24H,1,3-5,8,10H2,(H2,19,21,22);2*1H. The van der Waals surface area contributed by atoms with Gasteiger partial charge in [-0.1, -0.05) is 12.1 Å². The van der Waals surface area contributed by atoms with Gasteiger partial charge in [0.2, 0.25) is 5.95 Å². The summed E-state index contributed by atoms with van der Waals surface area (Å²) in [5.74, 6) is 0.358. The van der Waals surface area contributed by atoms with Crippen LogP contribution in [0.1, 0.15) is 30.0 Å². The summed E-state index contributed by atoms with van der Waals surface area (Å²) in [5.41, 5.74) is 8.11. The van der Waals surface area contributed by atoms with Crippen LogP contribution in [0.4, 0.5) is 5.95 Å². The van der Waals surface area contributed by atoms with Gasteiger partial charge in [-0.25, -0.2) is 9.97 Å². The average molecular weight is 399 g/mol. The largest absolute Gasteiger partial charge is 0.507 e. The molecule has 0 amide bonds. The van der Waals surface area contributed by atoms with Crippen molar-refractivity contribution >= 4 is 30.8 Å². The summed E-state index contributed by atoms with van der Waals surface area (Å²) in [6.07, 6.45) is 4.30. The number of phenolic OH excluding ortho intramolecular Hbond substituents is 2. The van der Waals surface area contributed by atoms with Crippen LogP contribution in [0.2, 0.25) is 0 Å². The molecule has 2 aromatic rings. The zero-order valence-corrected chi connectivity index (χ0v) is 15.9. The molecule has 0 aliphatic carbocycles. The molecule has 3 rings (SSSR count). The molecule has 1 fully saturated rings. The first-order chi connectivity index (χ1) is 11.6. The molecule has 1 aliphatic heterocycles. The molecular weight excluding hydrogens is 375 g/mol. The maximum atomic E-state index is 10.5. The molecule has 1 aliphatic rings. The van der Waals surface area contributed by atoms with Gasteiger partial charge in [0, 0.05) is 12.5 Å². The summed E-state index contributed by atoms with van der Waals surface area (Å²) >= 11 is 0. The van der Waals surface area contributed by atoms with E-state index in [2.05, 4.69) is 21.9 Å². The number of nitrogens with zero attached hydrogens (tertiary/aromatic N) is 2. The number of aromatic hydroxyl groups is 2. The van der Waals surface area contributed by atoms with Gasteiger partial charge in [0.15, 0.2) is 0 Å². The Morgan fingerprint density at radius 2 is 2.04 bits per heavy atom. The van der Waals surface area contributed by atoms with Gasteiger partial charge in [0.1, 0.15) is 11.5 Å². The van der Waals surface area contributed by atoms with Crippen molar-refractivity contribution in [3.05, 3.63) is 42.1 Å². The predicted octanol–water partition coefficient (Wildman–Crippen LogP) is 3.18. The fraction of sp³-hybridized carbons (Fsp3) is 0.333. The van der Waals surface area contributed by atoms with Crippen LogP contribution in [0.5, 0.6) is 11.5 Å². The molecule has 0 bridgehead atoms. The van der Waals surface area contributed by atoms with Crippen LogP contribution in [0, 0.1) is 0 Å². The van der Waals surface area contributed by atoms with Crippen LogP contribution in [0.25, 0.3) is 11.3 Å². The van der Waals surface area contributed by atoms with E-state index in [1.807, 2.05) is 0 Å². The van der Waals surface area contributed by atoms with Crippen molar-refractivity contribution in [2.75, 3.05) is 18.8 Å². The summed E-state index contributed by atoms with van der Waals surface area (Å²) in [5, 5.41) is 24.1. The minimum atomic E-state index is -0.0360. The van der Waals surface area contributed by atoms with Crippen molar-refractivity contribution < 1.29 is 10.2 Å². The second-order valence-corrected chi connectivity index (χ2v) is 6.04. The highest BCUT2D eigenvalue weighted by molar-refractivity contribution is 5.85. The summed E-state index contributed by atoms with van der Waals surface area (Å²) in [4.78, 5) is 8.57. The lowest BCUT2D eigenvalue weighted by molar-refractivity contribution is 0.449. The number of nitrogen functional groups attached to an aromatic ring is 1. The van der Waals surface area contributed by atoms with Gasteiger partial charge in [-0.3, -0.25) is 0 Å². The molecule has 6 nitrogen and oxygen atoms in total. The number of hydrogen-bond donors (Lipinski definition) is 4. The van der Waals surface area contributed by atoms with Gasteiger partial charge in [0.05, 0.1) is 17.0 Å². The average Bonchev–Trinajstić information content (AvgIpc) is 2.58. The second-order valence-electron chi connectivity index (χ2n) is 6.04. The number of benzene rings is 1. The number of rotatable bonds is 4. The van der Waals surface area contributed by atoms with E-state index < -0.39 is 0 Å². The van der Waals surface area contributed by atoms with Crippen LogP contribution in [-0.4, -0.2) is 33.3 Å². The minimum absolute atomic E-state index is 0. The van der Waals surface area contributed by atoms with Gasteiger partial charge in [-0.2, -0.15) is 0 Å². The Morgan fingerprint density at radius 3 is 2.69 bits per heavy atom. The van der Waals surface area contributed by atoms with E-state index in [0.717, 1.165) is 31.6 Å². The van der Waals surface area contributed by atoms with Crippen LogP contribution in [-0.2, 0) is 6.42 Å². The van der Waals surface area contributed by atoms with E-state index in [-0.39, 0.29) is 53.7 Å². The van der Waals surface area contributed by atoms with E-state index in [9.17, 15) is 10.2 Å². The number of phenols is 2. The number of nitrogens with one attached hydrogen (secondary N) is 1. The molecule has 1 aromatic carbocycles. The van der Waals surface area contributed by atoms with Crippen LogP contribution in [0.15, 0.2) is 30.9 Å². The summed E-state index contributed by atoms with van der Waals surface area (Å²) in [7, 11) is 0. The molecule has 8 heteroatoms. The molecule has 142 valence electrons. The normalized spacial score (nSPS) is 16.2.